The van der Waals surface area contributed by atoms with E-state index in [1.807, 2.05) is 6.07 Å². The zero-order valence-corrected chi connectivity index (χ0v) is 11.8. The Morgan fingerprint density at radius 1 is 1.00 bits per heavy atom. The van der Waals surface area contributed by atoms with Crippen LogP contribution >= 0.6 is 0 Å². The molecule has 0 spiro atoms. The van der Waals surface area contributed by atoms with Crippen molar-refractivity contribution in [3.8, 4) is 0 Å². The lowest BCUT2D eigenvalue weighted by atomic mass is 10.2. The smallest absolute Gasteiger partial charge is 0.262 e. The summed E-state index contributed by atoms with van der Waals surface area (Å²) in [6.45, 7) is 0. The van der Waals surface area contributed by atoms with Gasteiger partial charge in [-0.1, -0.05) is 24.3 Å². The molecule has 0 amide bonds. The molecule has 0 saturated heterocycles. The maximum absolute atomic E-state index is 12.6. The molecule has 3 rings (SSSR count). The number of nitrogens with one attached hydrogen (secondary N) is 1. The van der Waals surface area contributed by atoms with Crippen LogP contribution in [0.2, 0.25) is 0 Å². The summed E-state index contributed by atoms with van der Waals surface area (Å²) in [5, 5.41) is 1.39. The number of benzene rings is 2. The van der Waals surface area contributed by atoms with Crippen LogP contribution in [0.25, 0.3) is 10.8 Å². The van der Waals surface area contributed by atoms with Gasteiger partial charge in [0.25, 0.3) is 10.0 Å². The van der Waals surface area contributed by atoms with Crippen LogP contribution in [0.3, 0.4) is 0 Å². The monoisotopic (exact) mass is 299 g/mol. The molecule has 0 fully saturated rings. The van der Waals surface area contributed by atoms with E-state index in [9.17, 15) is 8.42 Å². The standard InChI is InChI=1S/C15H13N3O2S/c16-13-5-1-2-6-14(13)18-21(19,20)15-7-3-4-11-10-17-9-8-12(11)15/h1-10,18H,16H2. The summed E-state index contributed by atoms with van der Waals surface area (Å²) in [5.41, 5.74) is 6.52. The van der Waals surface area contributed by atoms with E-state index in [4.69, 9.17) is 5.73 Å². The average molecular weight is 299 g/mol. The quantitative estimate of drug-likeness (QED) is 0.728. The van der Waals surface area contributed by atoms with Crippen LogP contribution in [0.4, 0.5) is 11.4 Å². The van der Waals surface area contributed by atoms with Crippen LogP contribution in [0.1, 0.15) is 0 Å². The molecule has 6 heteroatoms. The molecule has 0 aliphatic rings. The van der Waals surface area contributed by atoms with Crippen LogP contribution in [0.5, 0.6) is 0 Å². The van der Waals surface area contributed by atoms with Gasteiger partial charge in [-0.15, -0.1) is 0 Å². The molecule has 0 aliphatic heterocycles. The third-order valence-corrected chi connectivity index (χ3v) is 4.56. The number of anilines is 2. The summed E-state index contributed by atoms with van der Waals surface area (Å²) in [5.74, 6) is 0. The molecule has 21 heavy (non-hydrogen) atoms. The van der Waals surface area contributed by atoms with Crippen LogP contribution in [-0.4, -0.2) is 13.4 Å². The number of sulfonamides is 1. The number of nitrogens with zero attached hydrogens (tertiary/aromatic N) is 1. The number of nitrogen functional groups attached to an aromatic ring is 1. The van der Waals surface area contributed by atoms with E-state index >= 15 is 0 Å². The zero-order chi connectivity index (χ0) is 14.9. The Bertz CT molecular complexity index is 902. The zero-order valence-electron chi connectivity index (χ0n) is 11.0. The van der Waals surface area contributed by atoms with Crippen molar-refractivity contribution < 1.29 is 8.42 Å². The minimum Gasteiger partial charge on any atom is -0.397 e. The highest BCUT2D eigenvalue weighted by molar-refractivity contribution is 7.93. The van der Waals surface area contributed by atoms with Gasteiger partial charge in [0.05, 0.1) is 16.3 Å². The number of aromatic nitrogens is 1. The largest absolute Gasteiger partial charge is 0.397 e. The molecule has 2 aromatic carbocycles. The maximum Gasteiger partial charge on any atom is 0.262 e. The minimum atomic E-state index is -3.72. The second-order valence-electron chi connectivity index (χ2n) is 4.55. The Kier molecular flexibility index (Phi) is 3.23. The Morgan fingerprint density at radius 3 is 2.62 bits per heavy atom. The van der Waals surface area contributed by atoms with Crippen LogP contribution in [0, 0.1) is 0 Å². The molecule has 106 valence electrons. The van der Waals surface area contributed by atoms with Crippen molar-refractivity contribution in [3.05, 3.63) is 60.9 Å². The number of pyridine rings is 1. The fourth-order valence-corrected chi connectivity index (χ4v) is 3.44. The summed E-state index contributed by atoms with van der Waals surface area (Å²) in [6.07, 6.45) is 3.20. The number of nitrogens with two attached hydrogens (primary N) is 1. The van der Waals surface area contributed by atoms with Crippen LogP contribution in [0.15, 0.2) is 65.8 Å². The van der Waals surface area contributed by atoms with Gasteiger partial charge in [0.15, 0.2) is 0 Å². The Hall–Kier alpha value is -2.60. The van der Waals surface area contributed by atoms with Gasteiger partial charge in [0.2, 0.25) is 0 Å². The molecule has 0 unspecified atom stereocenters. The van der Waals surface area contributed by atoms with Crippen molar-refractivity contribution in [3.63, 3.8) is 0 Å². The highest BCUT2D eigenvalue weighted by atomic mass is 32.2. The van der Waals surface area contributed by atoms with Crippen molar-refractivity contribution in [2.45, 2.75) is 4.90 Å². The molecule has 0 atom stereocenters. The molecular formula is C15H13N3O2S. The van der Waals surface area contributed by atoms with E-state index in [2.05, 4.69) is 9.71 Å². The van der Waals surface area contributed by atoms with Crippen molar-refractivity contribution in [1.29, 1.82) is 0 Å². The van der Waals surface area contributed by atoms with Crippen LogP contribution < -0.4 is 10.5 Å². The molecule has 1 heterocycles. The molecule has 1 aromatic heterocycles. The van der Waals surface area contributed by atoms with Gasteiger partial charge in [-0.25, -0.2) is 8.42 Å². The first-order valence-electron chi connectivity index (χ1n) is 6.28. The van der Waals surface area contributed by atoms with E-state index < -0.39 is 10.0 Å². The third-order valence-electron chi connectivity index (χ3n) is 3.14. The lowest BCUT2D eigenvalue weighted by molar-refractivity contribution is 0.602. The normalized spacial score (nSPS) is 11.4. The van der Waals surface area contributed by atoms with Gasteiger partial charge >= 0.3 is 0 Å². The fourth-order valence-electron chi connectivity index (χ4n) is 2.12. The summed E-state index contributed by atoms with van der Waals surface area (Å²) in [6, 6.07) is 13.5. The molecule has 0 saturated carbocycles. The predicted molar refractivity (Wildman–Crippen MR) is 83.4 cm³/mol. The molecule has 0 aliphatic carbocycles. The first-order chi connectivity index (χ1) is 10.1. The summed E-state index contributed by atoms with van der Waals surface area (Å²) in [7, 11) is -3.72. The summed E-state index contributed by atoms with van der Waals surface area (Å²) in [4.78, 5) is 4.20. The lowest BCUT2D eigenvalue weighted by Crippen LogP contribution is -2.14. The average Bonchev–Trinajstić information content (AvgIpc) is 2.49. The van der Waals surface area contributed by atoms with Crippen molar-refractivity contribution in [1.82, 2.24) is 4.98 Å². The van der Waals surface area contributed by atoms with Crippen molar-refractivity contribution >= 4 is 32.2 Å². The maximum atomic E-state index is 12.6. The molecular weight excluding hydrogens is 286 g/mol. The first kappa shape index (κ1) is 13.4. The Labute approximate surface area is 122 Å². The SMILES string of the molecule is Nc1ccccc1NS(=O)(=O)c1cccc2cnccc12. The van der Waals surface area contributed by atoms with Gasteiger partial charge in [-0.3, -0.25) is 9.71 Å². The predicted octanol–water partition coefficient (Wildman–Crippen LogP) is 2.62. The molecule has 3 N–H and O–H groups in total. The third kappa shape index (κ3) is 2.53. The minimum absolute atomic E-state index is 0.200. The molecule has 3 aromatic rings. The number of hydrogen-bond acceptors (Lipinski definition) is 4. The molecule has 5 nitrogen and oxygen atoms in total. The van der Waals surface area contributed by atoms with E-state index in [0.717, 1.165) is 5.39 Å². The Morgan fingerprint density at radius 2 is 1.81 bits per heavy atom. The second-order valence-corrected chi connectivity index (χ2v) is 6.20. The molecule has 0 bridgehead atoms. The van der Waals surface area contributed by atoms with E-state index in [0.29, 0.717) is 16.8 Å². The number of hydrogen-bond donors (Lipinski definition) is 2. The highest BCUT2D eigenvalue weighted by Gasteiger charge is 2.18. The number of fused-ring (bicyclic) bond motifs is 1. The summed E-state index contributed by atoms with van der Waals surface area (Å²) >= 11 is 0. The number of para-hydroxylation sites is 2. The highest BCUT2D eigenvalue weighted by Crippen LogP contribution is 2.26. The van der Waals surface area contributed by atoms with Gasteiger partial charge in [-0.05, 0) is 24.3 Å². The van der Waals surface area contributed by atoms with E-state index in [1.54, 1.807) is 54.9 Å². The van der Waals surface area contributed by atoms with E-state index in [1.165, 1.54) is 0 Å². The number of rotatable bonds is 3. The Balaban J connectivity index is 2.11. The van der Waals surface area contributed by atoms with Gasteiger partial charge in [0, 0.05) is 23.2 Å². The second kappa shape index (κ2) is 5.06. The van der Waals surface area contributed by atoms with Crippen molar-refractivity contribution in [2.24, 2.45) is 0 Å². The topological polar surface area (TPSA) is 85.1 Å². The summed E-state index contributed by atoms with van der Waals surface area (Å²) < 4.78 is 27.7. The lowest BCUT2D eigenvalue weighted by Gasteiger charge is -2.11. The van der Waals surface area contributed by atoms with Gasteiger partial charge in [-0.2, -0.15) is 0 Å². The van der Waals surface area contributed by atoms with Gasteiger partial charge in [0.1, 0.15) is 0 Å². The van der Waals surface area contributed by atoms with Crippen LogP contribution in [-0.2, 0) is 10.0 Å². The van der Waals surface area contributed by atoms with E-state index in [-0.39, 0.29) is 4.90 Å². The fraction of sp³-hybridized carbons (Fsp3) is 0. The van der Waals surface area contributed by atoms with Crippen molar-refractivity contribution in [2.75, 3.05) is 10.5 Å². The first-order valence-corrected chi connectivity index (χ1v) is 7.76. The van der Waals surface area contributed by atoms with Gasteiger partial charge < -0.3 is 5.73 Å². The molecule has 0 radical (unpaired) electrons.